The lowest BCUT2D eigenvalue weighted by Crippen LogP contribution is -2.31. The molecule has 1 nitrogen and oxygen atoms in total. The molecule has 3 atom stereocenters. The van der Waals surface area contributed by atoms with E-state index >= 15 is 0 Å². The predicted octanol–water partition coefficient (Wildman–Crippen LogP) is 3.98. The molecule has 1 aliphatic carbocycles. The molecule has 1 unspecified atom stereocenters. The molecule has 0 aromatic rings. The Labute approximate surface area is 96.8 Å². The smallest absolute Gasteiger partial charge is 0.139 e. The molecule has 0 amide bonds. The number of ketones is 1. The zero-order valence-corrected chi connectivity index (χ0v) is 10.1. The second kappa shape index (κ2) is 4.96. The zero-order chi connectivity index (χ0) is 13.1. The van der Waals surface area contributed by atoms with Crippen molar-refractivity contribution in [1.82, 2.24) is 0 Å². The fraction of sp³-hybridized carbons (Fsp3) is 0.786. The molecule has 1 fully saturated rings. The van der Waals surface area contributed by atoms with E-state index in [2.05, 4.69) is 13.8 Å². The first kappa shape index (κ1) is 9.62. The molecule has 0 saturated heterocycles. The summed E-state index contributed by atoms with van der Waals surface area (Å²) >= 11 is 0. The highest BCUT2D eigenvalue weighted by Gasteiger charge is 2.46. The average Bonchev–Trinajstić information content (AvgIpc) is 2.50. The van der Waals surface area contributed by atoms with Crippen LogP contribution in [0.1, 0.15) is 55.6 Å². The second-order valence-electron chi connectivity index (χ2n) is 5.20. The molecule has 0 aliphatic heterocycles. The maximum absolute atomic E-state index is 12.2. The van der Waals surface area contributed by atoms with E-state index in [0.29, 0.717) is 11.8 Å². The maximum Gasteiger partial charge on any atom is 0.139 e. The van der Waals surface area contributed by atoms with E-state index in [1.807, 2.05) is 13.0 Å². The Morgan fingerprint density at radius 2 is 2.53 bits per heavy atom. The molecule has 0 aromatic carbocycles. The van der Waals surface area contributed by atoms with Gasteiger partial charge in [0.05, 0.1) is 1.37 Å². The summed E-state index contributed by atoms with van der Waals surface area (Å²) in [6.45, 7) is 7.65. The summed E-state index contributed by atoms with van der Waals surface area (Å²) in [7, 11) is 0. The van der Waals surface area contributed by atoms with Gasteiger partial charge < -0.3 is 0 Å². The van der Waals surface area contributed by atoms with E-state index in [1.165, 1.54) is 6.55 Å². The van der Waals surface area contributed by atoms with E-state index in [1.54, 1.807) is 0 Å². The number of carbonyl (C=O) groups excluding carboxylic acids is 1. The van der Waals surface area contributed by atoms with Gasteiger partial charge >= 0.3 is 0 Å². The van der Waals surface area contributed by atoms with Crippen molar-refractivity contribution < 1.29 is 7.54 Å². The van der Waals surface area contributed by atoms with Crippen molar-refractivity contribution in [1.29, 1.82) is 0 Å². The molecular formula is C14H24O. The van der Waals surface area contributed by atoms with Crippen molar-refractivity contribution in [3.05, 3.63) is 12.6 Å². The highest BCUT2D eigenvalue weighted by Crippen LogP contribution is 2.47. The van der Waals surface area contributed by atoms with Gasteiger partial charge in [0.25, 0.3) is 0 Å². The molecule has 0 heterocycles. The Morgan fingerprint density at radius 1 is 1.80 bits per heavy atom. The first-order chi connectivity index (χ1) is 7.93. The van der Waals surface area contributed by atoms with Crippen LogP contribution in [0.25, 0.3) is 0 Å². The minimum absolute atomic E-state index is 0.131. The SMILES string of the molecule is [2H]C=CCCC[C@@]1(C)C(=O)C([2H])C[C@@H]1C(C)C. The first-order valence-electron chi connectivity index (χ1n) is 7.09. The van der Waals surface area contributed by atoms with Crippen LogP contribution in [0.4, 0.5) is 0 Å². The summed E-state index contributed by atoms with van der Waals surface area (Å²) in [6.07, 6.45) is 4.69. The van der Waals surface area contributed by atoms with Crippen LogP contribution in [-0.4, -0.2) is 5.78 Å². The van der Waals surface area contributed by atoms with Crippen molar-refractivity contribution in [3.63, 3.8) is 0 Å². The first-order valence-corrected chi connectivity index (χ1v) is 5.93. The highest BCUT2D eigenvalue weighted by molar-refractivity contribution is 5.86. The van der Waals surface area contributed by atoms with Crippen molar-refractivity contribution in [3.8, 4) is 0 Å². The summed E-state index contributed by atoms with van der Waals surface area (Å²) in [4.78, 5) is 12.2. The number of Topliss-reactive ketones (excluding diaryl/α,β-unsaturated/α-hetero) is 1. The quantitative estimate of drug-likeness (QED) is 0.495. The van der Waals surface area contributed by atoms with E-state index < -0.39 is 6.40 Å². The van der Waals surface area contributed by atoms with Crippen LogP contribution in [0, 0.1) is 17.3 Å². The minimum Gasteiger partial charge on any atom is -0.299 e. The number of allylic oxidation sites excluding steroid dienone is 1. The number of rotatable bonds is 5. The molecule has 86 valence electrons. The van der Waals surface area contributed by atoms with Gasteiger partial charge in [0.1, 0.15) is 5.78 Å². The minimum atomic E-state index is -0.515. The molecule has 0 spiro atoms. The van der Waals surface area contributed by atoms with Crippen LogP contribution >= 0.6 is 0 Å². The summed E-state index contributed by atoms with van der Waals surface area (Å²) < 4.78 is 14.8. The van der Waals surface area contributed by atoms with Gasteiger partial charge in [-0.25, -0.2) is 0 Å². The van der Waals surface area contributed by atoms with E-state index in [9.17, 15) is 4.79 Å². The van der Waals surface area contributed by atoms with Gasteiger partial charge in [-0.3, -0.25) is 4.79 Å². The average molecular weight is 210 g/mol. The second-order valence-corrected chi connectivity index (χ2v) is 5.20. The van der Waals surface area contributed by atoms with Gasteiger partial charge in [0, 0.05) is 13.2 Å². The fourth-order valence-corrected chi connectivity index (χ4v) is 2.81. The van der Waals surface area contributed by atoms with Crippen LogP contribution in [-0.2, 0) is 4.79 Å². The third-order valence-electron chi connectivity index (χ3n) is 3.81. The number of carbonyl (C=O) groups is 1. The zero-order valence-electron chi connectivity index (χ0n) is 12.1. The Morgan fingerprint density at radius 3 is 3.13 bits per heavy atom. The fourth-order valence-electron chi connectivity index (χ4n) is 2.81. The van der Waals surface area contributed by atoms with Gasteiger partial charge in [-0.1, -0.05) is 26.8 Å². The lowest BCUT2D eigenvalue weighted by atomic mass is 9.70. The van der Waals surface area contributed by atoms with Crippen molar-refractivity contribution in [2.75, 3.05) is 0 Å². The van der Waals surface area contributed by atoms with Crippen molar-refractivity contribution >= 4 is 5.78 Å². The Kier molecular flexibility index (Phi) is 3.18. The summed E-state index contributed by atoms with van der Waals surface area (Å²) in [5.41, 5.74) is -0.309. The Balaban J connectivity index is 2.70. The maximum atomic E-state index is 12.2. The molecule has 15 heavy (non-hydrogen) atoms. The van der Waals surface area contributed by atoms with Crippen LogP contribution in [0.15, 0.2) is 12.6 Å². The Hall–Kier alpha value is -0.590. The molecule has 0 aromatic heterocycles. The van der Waals surface area contributed by atoms with Gasteiger partial charge in [-0.05, 0) is 37.5 Å². The molecule has 0 bridgehead atoms. The topological polar surface area (TPSA) is 17.1 Å². The van der Waals surface area contributed by atoms with Crippen LogP contribution in [0.5, 0.6) is 0 Å². The van der Waals surface area contributed by atoms with Gasteiger partial charge in [0.15, 0.2) is 0 Å². The van der Waals surface area contributed by atoms with Gasteiger partial charge in [0.2, 0.25) is 0 Å². The van der Waals surface area contributed by atoms with E-state index in [4.69, 9.17) is 2.74 Å². The van der Waals surface area contributed by atoms with Crippen molar-refractivity contribution in [2.24, 2.45) is 17.3 Å². The number of unbranched alkanes of at least 4 members (excludes halogenated alkanes) is 1. The summed E-state index contributed by atoms with van der Waals surface area (Å²) in [5, 5.41) is 0. The Bertz CT molecular complexity index is 299. The van der Waals surface area contributed by atoms with Crippen LogP contribution in [0.2, 0.25) is 0 Å². The van der Waals surface area contributed by atoms with E-state index in [-0.39, 0.29) is 11.2 Å². The monoisotopic (exact) mass is 210 g/mol. The predicted molar refractivity (Wildman–Crippen MR) is 64.7 cm³/mol. The number of hydrogen-bond acceptors (Lipinski definition) is 1. The summed E-state index contributed by atoms with van der Waals surface area (Å²) in [6, 6.07) is 0. The molecule has 1 saturated carbocycles. The van der Waals surface area contributed by atoms with Gasteiger partial charge in [-0.2, -0.15) is 0 Å². The molecule has 1 heteroatoms. The molecule has 0 N–H and O–H groups in total. The lowest BCUT2D eigenvalue weighted by Gasteiger charge is -2.32. The van der Waals surface area contributed by atoms with Crippen LogP contribution < -0.4 is 0 Å². The standard InChI is InChI=1S/C14H24O/c1-5-6-7-10-14(4)12(11(2)3)8-9-13(14)15/h5,11-12H,1,6-10H2,2-4H3/t12-,14-/m1/s1/i1D,9D/t9?,12-,14-. The molecular weight excluding hydrogens is 184 g/mol. The lowest BCUT2D eigenvalue weighted by molar-refractivity contribution is -0.127. The van der Waals surface area contributed by atoms with E-state index in [0.717, 1.165) is 25.7 Å². The number of hydrogen-bond donors (Lipinski definition) is 0. The molecule has 0 radical (unpaired) electrons. The largest absolute Gasteiger partial charge is 0.299 e. The molecule has 1 aliphatic rings. The van der Waals surface area contributed by atoms with Crippen molar-refractivity contribution in [2.45, 2.75) is 52.9 Å². The van der Waals surface area contributed by atoms with Crippen LogP contribution in [0.3, 0.4) is 0 Å². The third kappa shape index (κ3) is 2.50. The third-order valence-corrected chi connectivity index (χ3v) is 3.81. The summed E-state index contributed by atoms with van der Waals surface area (Å²) in [5.74, 6) is 0.939. The highest BCUT2D eigenvalue weighted by atomic mass is 16.1. The normalized spacial score (nSPS) is 38.8. The van der Waals surface area contributed by atoms with Gasteiger partial charge in [-0.15, -0.1) is 6.55 Å². The molecule has 1 rings (SSSR count).